The average Bonchev–Trinajstić information content (AvgIpc) is 2.93. The lowest BCUT2D eigenvalue weighted by Crippen LogP contribution is -2.27. The van der Waals surface area contributed by atoms with E-state index in [2.05, 4.69) is 57.9 Å². The highest BCUT2D eigenvalue weighted by Crippen LogP contribution is 2.25. The van der Waals surface area contributed by atoms with Gasteiger partial charge < -0.3 is 9.64 Å². The summed E-state index contributed by atoms with van der Waals surface area (Å²) < 4.78 is 5.07. The van der Waals surface area contributed by atoms with E-state index in [0.717, 1.165) is 41.4 Å². The summed E-state index contributed by atoms with van der Waals surface area (Å²) in [4.78, 5) is 13.3. The van der Waals surface area contributed by atoms with Crippen LogP contribution in [0.4, 0.5) is 28.4 Å². The number of benzene rings is 3. The van der Waals surface area contributed by atoms with Crippen LogP contribution in [0.5, 0.6) is 0 Å². The number of anilines is 1. The zero-order valence-corrected chi connectivity index (χ0v) is 21.0. The lowest BCUT2D eigenvalue weighted by Gasteiger charge is -2.22. The van der Waals surface area contributed by atoms with Crippen LogP contribution in [-0.4, -0.2) is 25.7 Å². The van der Waals surface area contributed by atoms with Gasteiger partial charge in [0.2, 0.25) is 0 Å². The number of likely N-dealkylation sites (N-methyl/N-ethyl adjacent to an activating group) is 1. The molecule has 3 aromatic carbocycles. The maximum atomic E-state index is 11.2. The zero-order valence-electron chi connectivity index (χ0n) is 21.0. The first-order chi connectivity index (χ1) is 17.6. The van der Waals surface area contributed by atoms with Gasteiger partial charge in [-0.1, -0.05) is 32.1 Å². The van der Waals surface area contributed by atoms with Crippen molar-refractivity contribution in [1.29, 1.82) is 0 Å². The molecule has 186 valence electrons. The number of hydrogen-bond donors (Lipinski definition) is 0. The van der Waals surface area contributed by atoms with Gasteiger partial charge in [0.25, 0.3) is 0 Å². The summed E-state index contributed by atoms with van der Waals surface area (Å²) in [6.45, 7) is 9.35. The normalized spacial score (nSPS) is 11.2. The molecule has 0 unspecified atom stereocenters. The molecule has 0 bridgehead atoms. The minimum absolute atomic E-state index is 0.307. The summed E-state index contributed by atoms with van der Waals surface area (Å²) in [5.41, 5.74) is 5.43. The topological polar surface area (TPSA) is 79.0 Å². The van der Waals surface area contributed by atoms with Crippen molar-refractivity contribution in [2.24, 2.45) is 20.5 Å². The summed E-state index contributed by atoms with van der Waals surface area (Å²) in [6.07, 6.45) is 4.66. The molecule has 3 rings (SSSR count). The Labute approximate surface area is 213 Å². The molecular weight excluding hydrogens is 450 g/mol. The molecule has 0 saturated carbocycles. The van der Waals surface area contributed by atoms with Crippen molar-refractivity contribution in [3.63, 3.8) is 0 Å². The van der Waals surface area contributed by atoms with E-state index < -0.39 is 5.97 Å². The Hall–Kier alpha value is -4.13. The number of esters is 1. The highest BCUT2D eigenvalue weighted by molar-refractivity contribution is 5.81. The minimum Gasteiger partial charge on any atom is -0.461 e. The molecule has 0 aliphatic rings. The molecule has 0 N–H and O–H groups in total. The van der Waals surface area contributed by atoms with Gasteiger partial charge in [0.05, 0.1) is 29.3 Å². The van der Waals surface area contributed by atoms with E-state index >= 15 is 0 Å². The number of aryl methyl sites for hydroxylation is 1. The van der Waals surface area contributed by atoms with Crippen LogP contribution in [0, 0.1) is 0 Å². The number of azo groups is 2. The second kappa shape index (κ2) is 14.3. The van der Waals surface area contributed by atoms with E-state index in [1.54, 1.807) is 0 Å². The molecule has 7 heteroatoms. The summed E-state index contributed by atoms with van der Waals surface area (Å²) in [5, 5.41) is 17.3. The number of carbonyl (C=O) groups excluding carboxylic acids is 1. The molecule has 0 atom stereocenters. The third-order valence-corrected chi connectivity index (χ3v) is 5.54. The average molecular weight is 484 g/mol. The Balaban J connectivity index is 1.53. The van der Waals surface area contributed by atoms with Crippen molar-refractivity contribution in [2.75, 3.05) is 24.6 Å². The van der Waals surface area contributed by atoms with Gasteiger partial charge in [-0.25, -0.2) is 4.79 Å². The summed E-state index contributed by atoms with van der Waals surface area (Å²) in [7, 11) is 0. The number of nitrogens with zero attached hydrogens (tertiary/aromatic N) is 5. The first-order valence-corrected chi connectivity index (χ1v) is 12.3. The third-order valence-electron chi connectivity index (χ3n) is 5.54. The standard InChI is InChI=1S/C29H33N5O2/c1-4-7-8-23-9-11-24(12-10-23)30-31-25-13-15-26(16-14-25)32-33-27-17-19-28(20-18-27)34(6-3)21-22-36-29(35)5-2/h5,9-20H,2,4,6-8,21-22H2,1,3H3. The Morgan fingerprint density at radius 2 is 1.28 bits per heavy atom. The van der Waals surface area contributed by atoms with Gasteiger partial charge in [-0.2, -0.15) is 20.5 Å². The Bertz CT molecular complexity index is 1150. The van der Waals surface area contributed by atoms with Crippen molar-refractivity contribution in [3.05, 3.63) is 91.0 Å². The quantitative estimate of drug-likeness (QED) is 0.139. The molecule has 0 saturated heterocycles. The molecule has 36 heavy (non-hydrogen) atoms. The fourth-order valence-corrected chi connectivity index (χ4v) is 3.44. The van der Waals surface area contributed by atoms with Crippen LogP contribution < -0.4 is 4.90 Å². The van der Waals surface area contributed by atoms with Gasteiger partial charge in [0, 0.05) is 18.3 Å². The van der Waals surface area contributed by atoms with Gasteiger partial charge in [-0.15, -0.1) is 0 Å². The van der Waals surface area contributed by atoms with Gasteiger partial charge >= 0.3 is 5.97 Å². The molecule has 0 aromatic heterocycles. The highest BCUT2D eigenvalue weighted by Gasteiger charge is 2.05. The number of rotatable bonds is 13. The lowest BCUT2D eigenvalue weighted by atomic mass is 10.1. The number of hydrogen-bond acceptors (Lipinski definition) is 7. The van der Waals surface area contributed by atoms with Crippen molar-refractivity contribution in [1.82, 2.24) is 0 Å². The van der Waals surface area contributed by atoms with E-state index in [1.165, 1.54) is 24.5 Å². The Kier molecular flexibility index (Phi) is 10.5. The Morgan fingerprint density at radius 1 is 0.806 bits per heavy atom. The van der Waals surface area contributed by atoms with Gasteiger partial charge in [-0.3, -0.25) is 0 Å². The molecule has 0 heterocycles. The van der Waals surface area contributed by atoms with E-state index in [9.17, 15) is 4.79 Å². The van der Waals surface area contributed by atoms with Crippen LogP contribution in [0.1, 0.15) is 32.3 Å². The van der Waals surface area contributed by atoms with Gasteiger partial charge in [0.15, 0.2) is 0 Å². The van der Waals surface area contributed by atoms with Crippen LogP contribution in [0.3, 0.4) is 0 Å². The van der Waals surface area contributed by atoms with Gasteiger partial charge in [-0.05, 0) is 86.0 Å². The first-order valence-electron chi connectivity index (χ1n) is 12.3. The largest absolute Gasteiger partial charge is 0.461 e. The maximum absolute atomic E-state index is 11.2. The van der Waals surface area contributed by atoms with Crippen LogP contribution in [0.15, 0.2) is 106 Å². The fraction of sp³-hybridized carbons (Fsp3) is 0.276. The number of unbranched alkanes of at least 4 members (excludes halogenated alkanes) is 1. The fourth-order valence-electron chi connectivity index (χ4n) is 3.44. The van der Waals surface area contributed by atoms with Crippen LogP contribution in [0.2, 0.25) is 0 Å². The summed E-state index contributed by atoms with van der Waals surface area (Å²) in [5.74, 6) is -0.412. The van der Waals surface area contributed by atoms with Gasteiger partial charge in [0.1, 0.15) is 6.61 Å². The summed E-state index contributed by atoms with van der Waals surface area (Å²) in [6, 6.07) is 23.5. The molecule has 3 aromatic rings. The summed E-state index contributed by atoms with van der Waals surface area (Å²) >= 11 is 0. The predicted octanol–water partition coefficient (Wildman–Crippen LogP) is 8.42. The van der Waals surface area contributed by atoms with Crippen molar-refractivity contribution in [2.45, 2.75) is 33.1 Å². The minimum atomic E-state index is -0.412. The lowest BCUT2D eigenvalue weighted by molar-refractivity contribution is -0.137. The third kappa shape index (κ3) is 8.58. The van der Waals surface area contributed by atoms with Crippen LogP contribution in [0.25, 0.3) is 0 Å². The Morgan fingerprint density at radius 3 is 1.72 bits per heavy atom. The molecule has 0 fully saturated rings. The second-order valence-corrected chi connectivity index (χ2v) is 8.15. The zero-order chi connectivity index (χ0) is 25.6. The number of carbonyl (C=O) groups is 1. The van der Waals surface area contributed by atoms with E-state index in [1.807, 2.05) is 60.7 Å². The maximum Gasteiger partial charge on any atom is 0.330 e. The molecule has 7 nitrogen and oxygen atoms in total. The second-order valence-electron chi connectivity index (χ2n) is 8.15. The first kappa shape index (κ1) is 26.5. The van der Waals surface area contributed by atoms with Crippen LogP contribution >= 0.6 is 0 Å². The van der Waals surface area contributed by atoms with Crippen molar-refractivity contribution < 1.29 is 9.53 Å². The molecule has 0 amide bonds. The SMILES string of the molecule is C=CC(=O)OCCN(CC)c1ccc(N=Nc2ccc(N=Nc3ccc(CCCC)cc3)cc2)cc1. The monoisotopic (exact) mass is 483 g/mol. The highest BCUT2D eigenvalue weighted by atomic mass is 16.5. The predicted molar refractivity (Wildman–Crippen MR) is 145 cm³/mol. The molecule has 0 aliphatic heterocycles. The molecule has 0 aliphatic carbocycles. The van der Waals surface area contributed by atoms with Crippen LogP contribution in [-0.2, 0) is 16.0 Å². The molecule has 0 spiro atoms. The van der Waals surface area contributed by atoms with E-state index in [4.69, 9.17) is 4.74 Å². The van der Waals surface area contributed by atoms with E-state index in [-0.39, 0.29) is 0 Å². The number of ether oxygens (including phenoxy) is 1. The smallest absolute Gasteiger partial charge is 0.330 e. The van der Waals surface area contributed by atoms with Crippen molar-refractivity contribution >= 4 is 34.4 Å². The van der Waals surface area contributed by atoms with E-state index in [0.29, 0.717) is 13.2 Å². The molecule has 0 radical (unpaired) electrons. The molecular formula is C29H33N5O2. The van der Waals surface area contributed by atoms with Crippen molar-refractivity contribution in [3.8, 4) is 0 Å².